The molecule has 0 heterocycles. The Labute approximate surface area is 94.3 Å². The zero-order valence-corrected chi connectivity index (χ0v) is 10.1. The Balaban J connectivity index is 1.64. The zero-order chi connectivity index (χ0) is 10.7. The molecule has 1 nitrogen and oxygen atoms in total. The van der Waals surface area contributed by atoms with E-state index in [0.717, 1.165) is 18.3 Å². The second-order valence-electron chi connectivity index (χ2n) is 5.78. The first-order chi connectivity index (χ1) is 7.29. The highest BCUT2D eigenvalue weighted by molar-refractivity contribution is 4.80. The molecule has 0 bridgehead atoms. The molecular weight excluding hydrogens is 184 g/mol. The molecule has 88 valence electrons. The van der Waals surface area contributed by atoms with Gasteiger partial charge in [0.25, 0.3) is 0 Å². The summed E-state index contributed by atoms with van der Waals surface area (Å²) in [6.07, 6.45) is 11.9. The molecule has 0 aromatic carbocycles. The van der Waals surface area contributed by atoms with Crippen LogP contribution in [-0.2, 0) is 0 Å². The van der Waals surface area contributed by atoms with E-state index in [9.17, 15) is 5.11 Å². The number of aliphatic hydroxyl groups excluding tert-OH is 1. The first kappa shape index (κ1) is 11.4. The summed E-state index contributed by atoms with van der Waals surface area (Å²) in [5, 5.41) is 10.1. The summed E-state index contributed by atoms with van der Waals surface area (Å²) in [5.41, 5.74) is 0. The zero-order valence-electron chi connectivity index (χ0n) is 10.1. The quantitative estimate of drug-likeness (QED) is 0.732. The Morgan fingerprint density at radius 1 is 1.00 bits per heavy atom. The number of aliphatic hydroxyl groups is 1. The maximum absolute atomic E-state index is 10.1. The molecule has 1 N–H and O–H groups in total. The van der Waals surface area contributed by atoms with Gasteiger partial charge in [0.2, 0.25) is 0 Å². The van der Waals surface area contributed by atoms with Crippen molar-refractivity contribution in [1.82, 2.24) is 0 Å². The van der Waals surface area contributed by atoms with Crippen LogP contribution >= 0.6 is 0 Å². The van der Waals surface area contributed by atoms with Gasteiger partial charge in [-0.15, -0.1) is 0 Å². The van der Waals surface area contributed by atoms with Crippen LogP contribution in [0.5, 0.6) is 0 Å². The monoisotopic (exact) mass is 210 g/mol. The molecule has 2 fully saturated rings. The molecule has 2 rings (SSSR count). The molecule has 0 aromatic heterocycles. The smallest absolute Gasteiger partial charge is 0.0568 e. The topological polar surface area (TPSA) is 20.2 Å². The van der Waals surface area contributed by atoms with Crippen molar-refractivity contribution in [3.63, 3.8) is 0 Å². The van der Waals surface area contributed by atoms with Gasteiger partial charge in [0.05, 0.1) is 6.10 Å². The van der Waals surface area contributed by atoms with Crippen LogP contribution < -0.4 is 0 Å². The lowest BCUT2D eigenvalue weighted by atomic mass is 9.77. The summed E-state index contributed by atoms with van der Waals surface area (Å²) in [6.45, 7) is 2.30. The van der Waals surface area contributed by atoms with Gasteiger partial charge >= 0.3 is 0 Å². The molecule has 2 aliphatic carbocycles. The van der Waals surface area contributed by atoms with Crippen molar-refractivity contribution < 1.29 is 5.11 Å². The number of hydrogen-bond donors (Lipinski definition) is 1. The van der Waals surface area contributed by atoms with Crippen molar-refractivity contribution in [2.45, 2.75) is 70.8 Å². The highest BCUT2D eigenvalue weighted by Crippen LogP contribution is 2.37. The van der Waals surface area contributed by atoms with Gasteiger partial charge in [0.15, 0.2) is 0 Å². The molecule has 1 heteroatoms. The van der Waals surface area contributed by atoms with E-state index in [4.69, 9.17) is 0 Å². The largest absolute Gasteiger partial charge is 0.393 e. The summed E-state index contributed by atoms with van der Waals surface area (Å²) in [7, 11) is 0. The second-order valence-corrected chi connectivity index (χ2v) is 5.78. The van der Waals surface area contributed by atoms with E-state index in [-0.39, 0.29) is 6.10 Å². The third-order valence-electron chi connectivity index (χ3n) is 4.58. The number of hydrogen-bond acceptors (Lipinski definition) is 1. The predicted molar refractivity (Wildman–Crippen MR) is 63.7 cm³/mol. The van der Waals surface area contributed by atoms with Crippen LogP contribution in [0.4, 0.5) is 0 Å². The summed E-state index contributed by atoms with van der Waals surface area (Å²) < 4.78 is 0. The molecule has 2 aliphatic rings. The summed E-state index contributed by atoms with van der Waals surface area (Å²) >= 11 is 0. The van der Waals surface area contributed by atoms with Crippen LogP contribution in [-0.4, -0.2) is 11.2 Å². The van der Waals surface area contributed by atoms with E-state index in [1.165, 1.54) is 51.4 Å². The van der Waals surface area contributed by atoms with Crippen molar-refractivity contribution in [2.24, 2.45) is 17.8 Å². The van der Waals surface area contributed by atoms with E-state index < -0.39 is 0 Å². The van der Waals surface area contributed by atoms with E-state index in [0.29, 0.717) is 5.92 Å². The molecule has 1 unspecified atom stereocenters. The van der Waals surface area contributed by atoms with Gasteiger partial charge in [-0.2, -0.15) is 0 Å². The predicted octanol–water partition coefficient (Wildman–Crippen LogP) is 3.75. The van der Waals surface area contributed by atoms with Crippen molar-refractivity contribution in [2.75, 3.05) is 0 Å². The Bertz CT molecular complexity index is 178. The highest BCUT2D eigenvalue weighted by atomic mass is 16.3. The van der Waals surface area contributed by atoms with E-state index >= 15 is 0 Å². The summed E-state index contributed by atoms with van der Waals surface area (Å²) in [6, 6.07) is 0. The molecule has 15 heavy (non-hydrogen) atoms. The van der Waals surface area contributed by atoms with Gasteiger partial charge in [0.1, 0.15) is 0 Å². The maximum atomic E-state index is 10.1. The van der Waals surface area contributed by atoms with Gasteiger partial charge < -0.3 is 5.11 Å². The Hall–Kier alpha value is -0.0400. The van der Waals surface area contributed by atoms with Crippen LogP contribution in [0, 0.1) is 17.8 Å². The van der Waals surface area contributed by atoms with Gasteiger partial charge in [-0.1, -0.05) is 39.0 Å². The van der Waals surface area contributed by atoms with Crippen molar-refractivity contribution >= 4 is 0 Å². The Morgan fingerprint density at radius 2 is 1.60 bits per heavy atom. The molecule has 0 aliphatic heterocycles. The summed E-state index contributed by atoms with van der Waals surface area (Å²) in [4.78, 5) is 0. The van der Waals surface area contributed by atoms with Crippen LogP contribution in [0.25, 0.3) is 0 Å². The van der Waals surface area contributed by atoms with E-state index in [2.05, 4.69) is 6.92 Å². The SMILES string of the molecule is CCC1CCC(C(O)CCC2CC2)CC1. The standard InChI is InChI=1S/C14H26O/c1-2-11-5-8-13(9-6-11)14(15)10-7-12-3-4-12/h11-15H,2-10H2,1H3. The van der Waals surface area contributed by atoms with E-state index in [1.54, 1.807) is 0 Å². The molecule has 2 saturated carbocycles. The fourth-order valence-electron chi connectivity index (χ4n) is 3.03. The average molecular weight is 210 g/mol. The Kier molecular flexibility index (Phi) is 4.07. The first-order valence-electron chi connectivity index (χ1n) is 6.97. The normalized spacial score (nSPS) is 34.0. The lowest BCUT2D eigenvalue weighted by molar-refractivity contribution is 0.0636. The molecule has 0 radical (unpaired) electrons. The van der Waals surface area contributed by atoms with Crippen molar-refractivity contribution in [1.29, 1.82) is 0 Å². The lowest BCUT2D eigenvalue weighted by Crippen LogP contribution is -2.25. The van der Waals surface area contributed by atoms with Crippen molar-refractivity contribution in [3.05, 3.63) is 0 Å². The third kappa shape index (κ3) is 3.48. The molecular formula is C14H26O. The third-order valence-corrected chi connectivity index (χ3v) is 4.58. The minimum atomic E-state index is 0.0170. The molecule has 0 spiro atoms. The number of rotatable bonds is 5. The van der Waals surface area contributed by atoms with Crippen molar-refractivity contribution in [3.8, 4) is 0 Å². The van der Waals surface area contributed by atoms with Crippen LogP contribution in [0.3, 0.4) is 0 Å². The van der Waals surface area contributed by atoms with Gasteiger partial charge in [-0.05, 0) is 43.4 Å². The molecule has 0 saturated heterocycles. The second kappa shape index (κ2) is 5.34. The van der Waals surface area contributed by atoms with E-state index in [1.807, 2.05) is 0 Å². The average Bonchev–Trinajstić information content (AvgIpc) is 3.10. The maximum Gasteiger partial charge on any atom is 0.0568 e. The van der Waals surface area contributed by atoms with Gasteiger partial charge in [-0.25, -0.2) is 0 Å². The Morgan fingerprint density at radius 3 is 2.13 bits per heavy atom. The molecule has 1 atom stereocenters. The fraction of sp³-hybridized carbons (Fsp3) is 1.00. The van der Waals surface area contributed by atoms with Crippen LogP contribution in [0.2, 0.25) is 0 Å². The molecule has 0 aromatic rings. The highest BCUT2D eigenvalue weighted by Gasteiger charge is 2.28. The first-order valence-corrected chi connectivity index (χ1v) is 6.97. The van der Waals surface area contributed by atoms with Crippen LogP contribution in [0.1, 0.15) is 64.7 Å². The fourth-order valence-corrected chi connectivity index (χ4v) is 3.03. The summed E-state index contributed by atoms with van der Waals surface area (Å²) in [5.74, 6) is 2.56. The lowest BCUT2D eigenvalue weighted by Gasteiger charge is -2.31. The minimum Gasteiger partial charge on any atom is -0.393 e. The minimum absolute atomic E-state index is 0.0170. The molecule has 0 amide bonds. The van der Waals surface area contributed by atoms with Crippen LogP contribution in [0.15, 0.2) is 0 Å². The van der Waals surface area contributed by atoms with Gasteiger partial charge in [0, 0.05) is 0 Å². The van der Waals surface area contributed by atoms with Gasteiger partial charge in [-0.3, -0.25) is 0 Å².